The Morgan fingerprint density at radius 1 is 1.13 bits per heavy atom. The summed E-state index contributed by atoms with van der Waals surface area (Å²) in [6.45, 7) is 18.4. The standard InChI is InChI=1S/C13H18N2O2.C9H12O.2C2H6/c1-5-11(7-9(3)14-6-2)13-15-12(8-17-13)10(4)16;1-2-5-8-6-3-4-7-9(8)10;2*1-2/h5,7-8,14H,6H2,1-4H3;3-4,6-7,10H,2,5H2,1H3;2*1-2H3/b9-7+,11-5+;;;. The number of ketones is 1. The number of nitrogens with zero attached hydrogens (tertiary/aromatic N) is 1. The summed E-state index contributed by atoms with van der Waals surface area (Å²) in [6, 6.07) is 7.48. The third-order valence-electron chi connectivity index (χ3n) is 3.76. The zero-order chi connectivity index (χ0) is 24.2. The van der Waals surface area contributed by atoms with Crippen molar-refractivity contribution in [2.24, 2.45) is 0 Å². The predicted molar refractivity (Wildman–Crippen MR) is 132 cm³/mol. The number of oxazole rings is 1. The lowest BCUT2D eigenvalue weighted by molar-refractivity contribution is 0.101. The van der Waals surface area contributed by atoms with Crippen molar-refractivity contribution in [2.45, 2.75) is 75.2 Å². The van der Waals surface area contributed by atoms with Gasteiger partial charge in [0.2, 0.25) is 5.89 Å². The molecule has 0 unspecified atom stereocenters. The Labute approximate surface area is 189 Å². The van der Waals surface area contributed by atoms with E-state index in [0.29, 0.717) is 17.3 Å². The maximum absolute atomic E-state index is 11.1. The van der Waals surface area contributed by atoms with Gasteiger partial charge in [-0.05, 0) is 44.9 Å². The van der Waals surface area contributed by atoms with Gasteiger partial charge in [-0.1, -0.05) is 65.3 Å². The van der Waals surface area contributed by atoms with Crippen molar-refractivity contribution in [1.29, 1.82) is 0 Å². The number of Topliss-reactive ketones (excluding diaryl/α,β-unsaturated/α-hetero) is 1. The molecule has 2 N–H and O–H groups in total. The van der Waals surface area contributed by atoms with E-state index in [-0.39, 0.29) is 5.78 Å². The van der Waals surface area contributed by atoms with Gasteiger partial charge >= 0.3 is 0 Å². The van der Waals surface area contributed by atoms with E-state index in [1.807, 2.05) is 78.8 Å². The number of hydrogen-bond donors (Lipinski definition) is 2. The largest absolute Gasteiger partial charge is 0.508 e. The number of rotatable bonds is 7. The lowest BCUT2D eigenvalue weighted by atomic mass is 10.1. The van der Waals surface area contributed by atoms with Crippen LogP contribution in [0.2, 0.25) is 0 Å². The van der Waals surface area contributed by atoms with Crippen LogP contribution in [0.4, 0.5) is 0 Å². The second-order valence-electron chi connectivity index (χ2n) is 6.07. The molecule has 0 fully saturated rings. The average molecular weight is 431 g/mol. The summed E-state index contributed by atoms with van der Waals surface area (Å²) in [4.78, 5) is 15.3. The van der Waals surface area contributed by atoms with Gasteiger partial charge in [0.05, 0.1) is 0 Å². The molecule has 1 aromatic heterocycles. The zero-order valence-electron chi connectivity index (χ0n) is 20.9. The van der Waals surface area contributed by atoms with Gasteiger partial charge in [0.25, 0.3) is 0 Å². The van der Waals surface area contributed by atoms with Crippen LogP contribution >= 0.6 is 0 Å². The van der Waals surface area contributed by atoms with E-state index < -0.39 is 0 Å². The smallest absolute Gasteiger partial charge is 0.226 e. The highest BCUT2D eigenvalue weighted by atomic mass is 16.3. The number of para-hydroxylation sites is 1. The molecule has 0 saturated carbocycles. The van der Waals surface area contributed by atoms with Crippen LogP contribution in [-0.4, -0.2) is 22.4 Å². The zero-order valence-corrected chi connectivity index (χ0v) is 20.9. The van der Waals surface area contributed by atoms with Gasteiger partial charge in [-0.15, -0.1) is 0 Å². The number of aromatic hydroxyl groups is 1. The summed E-state index contributed by atoms with van der Waals surface area (Å²) >= 11 is 0. The van der Waals surface area contributed by atoms with Crippen molar-refractivity contribution < 1.29 is 14.3 Å². The molecule has 5 heteroatoms. The van der Waals surface area contributed by atoms with Gasteiger partial charge in [0.15, 0.2) is 5.78 Å². The van der Waals surface area contributed by atoms with Crippen LogP contribution in [-0.2, 0) is 6.42 Å². The molecule has 5 nitrogen and oxygen atoms in total. The Kier molecular flexibility index (Phi) is 18.8. The molecule has 0 aliphatic carbocycles. The number of allylic oxidation sites excluding steroid dienone is 4. The highest BCUT2D eigenvalue weighted by Gasteiger charge is 2.10. The van der Waals surface area contributed by atoms with Crippen LogP contribution < -0.4 is 5.32 Å². The van der Waals surface area contributed by atoms with Crippen molar-refractivity contribution in [1.82, 2.24) is 10.3 Å². The summed E-state index contributed by atoms with van der Waals surface area (Å²) in [5.41, 5.74) is 3.29. The third-order valence-corrected chi connectivity index (χ3v) is 3.76. The number of aryl methyl sites for hydroxylation is 1. The highest BCUT2D eigenvalue weighted by molar-refractivity contribution is 5.92. The Morgan fingerprint density at radius 3 is 2.19 bits per heavy atom. The average Bonchev–Trinajstić information content (AvgIpc) is 3.28. The van der Waals surface area contributed by atoms with Crippen molar-refractivity contribution >= 4 is 11.4 Å². The Balaban J connectivity index is 0. The summed E-state index contributed by atoms with van der Waals surface area (Å²) in [6.07, 6.45) is 7.28. The van der Waals surface area contributed by atoms with Gasteiger partial charge in [0, 0.05) is 24.7 Å². The molecule has 0 amide bonds. The van der Waals surface area contributed by atoms with Crippen molar-refractivity contribution in [3.8, 4) is 5.75 Å². The van der Waals surface area contributed by atoms with Gasteiger partial charge in [-0.25, -0.2) is 4.98 Å². The molecule has 0 spiro atoms. The van der Waals surface area contributed by atoms with E-state index in [1.165, 1.54) is 13.2 Å². The predicted octanol–water partition coefficient (Wildman–Crippen LogP) is 7.19. The minimum atomic E-state index is -0.0946. The monoisotopic (exact) mass is 430 g/mol. The molecule has 31 heavy (non-hydrogen) atoms. The van der Waals surface area contributed by atoms with Gasteiger partial charge in [-0.3, -0.25) is 4.79 Å². The number of phenolic OH excluding ortho intramolecular Hbond substituents is 1. The first kappa shape index (κ1) is 30.4. The quantitative estimate of drug-likeness (QED) is 0.359. The van der Waals surface area contributed by atoms with Crippen LogP contribution in [0.25, 0.3) is 5.57 Å². The van der Waals surface area contributed by atoms with E-state index >= 15 is 0 Å². The van der Waals surface area contributed by atoms with Crippen LogP contribution in [0, 0.1) is 0 Å². The second kappa shape index (κ2) is 19.2. The number of benzene rings is 1. The molecule has 0 atom stereocenters. The number of aromatic nitrogens is 1. The molecule has 174 valence electrons. The molecule has 0 aliphatic heterocycles. The molecule has 0 aliphatic rings. The minimum Gasteiger partial charge on any atom is -0.508 e. The third kappa shape index (κ3) is 12.5. The van der Waals surface area contributed by atoms with Crippen molar-refractivity contribution in [3.05, 3.63) is 65.5 Å². The summed E-state index contributed by atoms with van der Waals surface area (Å²) in [5, 5.41) is 12.4. The molecule has 1 heterocycles. The Hall–Kier alpha value is -2.82. The molecule has 0 bridgehead atoms. The van der Waals surface area contributed by atoms with Crippen LogP contribution in [0.15, 0.2) is 52.8 Å². The van der Waals surface area contributed by atoms with E-state index in [1.54, 1.807) is 6.07 Å². The molecular formula is C26H42N2O3. The maximum Gasteiger partial charge on any atom is 0.226 e. The summed E-state index contributed by atoms with van der Waals surface area (Å²) < 4.78 is 5.29. The van der Waals surface area contributed by atoms with E-state index in [0.717, 1.165) is 36.2 Å². The van der Waals surface area contributed by atoms with Gasteiger partial charge in [-0.2, -0.15) is 0 Å². The molecule has 2 aromatic rings. The molecule has 0 saturated heterocycles. The van der Waals surface area contributed by atoms with Crippen LogP contribution in [0.1, 0.15) is 90.7 Å². The van der Waals surface area contributed by atoms with Crippen molar-refractivity contribution in [3.63, 3.8) is 0 Å². The molecule has 1 aromatic carbocycles. The highest BCUT2D eigenvalue weighted by Crippen LogP contribution is 2.17. The normalized spacial score (nSPS) is 10.5. The number of carbonyl (C=O) groups is 1. The Morgan fingerprint density at radius 2 is 1.74 bits per heavy atom. The second-order valence-corrected chi connectivity index (χ2v) is 6.07. The maximum atomic E-state index is 11.1. The number of carbonyl (C=O) groups excluding carboxylic acids is 1. The first-order chi connectivity index (χ1) is 14.9. The first-order valence-electron chi connectivity index (χ1n) is 11.2. The molecule has 2 rings (SSSR count). The van der Waals surface area contributed by atoms with Crippen LogP contribution in [0.3, 0.4) is 0 Å². The van der Waals surface area contributed by atoms with Gasteiger partial charge in [0.1, 0.15) is 17.7 Å². The summed E-state index contributed by atoms with van der Waals surface area (Å²) in [7, 11) is 0. The number of phenols is 1. The molecular weight excluding hydrogens is 388 g/mol. The van der Waals surface area contributed by atoms with Gasteiger partial charge < -0.3 is 14.8 Å². The lowest BCUT2D eigenvalue weighted by Crippen LogP contribution is -2.09. The number of nitrogens with one attached hydrogen (secondary N) is 1. The topological polar surface area (TPSA) is 75.4 Å². The Bertz CT molecular complexity index is 789. The first-order valence-corrected chi connectivity index (χ1v) is 11.2. The fourth-order valence-corrected chi connectivity index (χ4v) is 2.39. The summed E-state index contributed by atoms with van der Waals surface area (Å²) in [5.74, 6) is 0.794. The van der Waals surface area contributed by atoms with E-state index in [9.17, 15) is 9.90 Å². The minimum absolute atomic E-state index is 0.0946. The SMILES string of the molecule is C/C=C(\C=C(/C)NCC)c1nc(C(C)=O)co1.CC.CC.CCCc1ccccc1O. The van der Waals surface area contributed by atoms with E-state index in [2.05, 4.69) is 17.2 Å². The fraction of sp³-hybridized carbons (Fsp3) is 0.462. The van der Waals surface area contributed by atoms with Crippen LogP contribution in [0.5, 0.6) is 5.75 Å². The lowest BCUT2D eigenvalue weighted by Gasteiger charge is -2.03. The van der Waals surface area contributed by atoms with Crippen molar-refractivity contribution in [2.75, 3.05) is 6.54 Å². The number of hydrogen-bond acceptors (Lipinski definition) is 5. The fourth-order valence-electron chi connectivity index (χ4n) is 2.39. The van der Waals surface area contributed by atoms with E-state index in [4.69, 9.17) is 4.42 Å². The molecule has 0 radical (unpaired) electrons.